The van der Waals surface area contributed by atoms with Crippen molar-refractivity contribution in [3.8, 4) is 22.8 Å². The van der Waals surface area contributed by atoms with E-state index in [4.69, 9.17) is 10.1 Å². The Kier molecular flexibility index (Phi) is 7.21. The molecule has 0 bridgehead atoms. The van der Waals surface area contributed by atoms with E-state index in [9.17, 15) is 5.11 Å². The fourth-order valence-corrected chi connectivity index (χ4v) is 5.19. The number of nitrogens with zero attached hydrogens (tertiary/aromatic N) is 5. The second kappa shape index (κ2) is 10.6. The van der Waals surface area contributed by atoms with Gasteiger partial charge in [-0.3, -0.25) is 0 Å². The first-order valence-corrected chi connectivity index (χ1v) is 13.9. The highest BCUT2D eigenvalue weighted by Gasteiger charge is 2.25. The van der Waals surface area contributed by atoms with Gasteiger partial charge in [0.2, 0.25) is 0 Å². The number of benzene rings is 3. The minimum Gasteiger partial charge on any atom is -0.506 e. The molecule has 1 N–H and O–H groups in total. The third-order valence-electron chi connectivity index (χ3n) is 7.44. The summed E-state index contributed by atoms with van der Waals surface area (Å²) in [5, 5.41) is 15.0. The highest BCUT2D eigenvalue weighted by atomic mass is 16.3. The zero-order valence-electron chi connectivity index (χ0n) is 24.1. The molecule has 4 aromatic rings. The molecule has 0 spiro atoms. The lowest BCUT2D eigenvalue weighted by atomic mass is 9.87. The van der Waals surface area contributed by atoms with Crippen molar-refractivity contribution in [1.82, 2.24) is 14.8 Å². The second-order valence-corrected chi connectivity index (χ2v) is 11.3. The first kappa shape index (κ1) is 26.5. The SMILES string of the molecule is Cc1nc(-c2cccc(N3C=CN(c4c(C(C)C)cc(C(C)C)cc4C(C)C)C3)c2)nn1-c1ccccc1O. The van der Waals surface area contributed by atoms with Crippen molar-refractivity contribution in [3.63, 3.8) is 0 Å². The van der Waals surface area contributed by atoms with Crippen LogP contribution >= 0.6 is 0 Å². The molecule has 0 amide bonds. The normalized spacial score (nSPS) is 13.5. The maximum Gasteiger partial charge on any atom is 0.181 e. The minimum absolute atomic E-state index is 0.177. The Labute approximate surface area is 232 Å². The zero-order valence-corrected chi connectivity index (χ0v) is 24.1. The van der Waals surface area contributed by atoms with Crippen LogP contribution in [0.5, 0.6) is 5.75 Å². The van der Waals surface area contributed by atoms with E-state index in [0.717, 1.165) is 23.7 Å². The monoisotopic (exact) mass is 521 g/mol. The lowest BCUT2D eigenvalue weighted by Gasteiger charge is -2.30. The molecule has 0 saturated heterocycles. The molecule has 0 fully saturated rings. The van der Waals surface area contributed by atoms with Gasteiger partial charge in [0.15, 0.2) is 5.82 Å². The Hall–Kier alpha value is -4.06. The topological polar surface area (TPSA) is 57.4 Å². The van der Waals surface area contributed by atoms with Gasteiger partial charge in [-0.2, -0.15) is 0 Å². The first-order valence-electron chi connectivity index (χ1n) is 13.9. The number of aromatic nitrogens is 3. The summed E-state index contributed by atoms with van der Waals surface area (Å²) >= 11 is 0. The molecule has 0 atom stereocenters. The van der Waals surface area contributed by atoms with Crippen LogP contribution in [0.25, 0.3) is 17.1 Å². The van der Waals surface area contributed by atoms with Crippen molar-refractivity contribution in [2.24, 2.45) is 0 Å². The average Bonchev–Trinajstić information content (AvgIpc) is 3.55. The summed E-state index contributed by atoms with van der Waals surface area (Å²) in [6, 6.07) is 20.3. The van der Waals surface area contributed by atoms with Crippen molar-refractivity contribution >= 4 is 11.4 Å². The molecule has 1 aromatic heterocycles. The number of phenols is 1. The molecule has 0 radical (unpaired) electrons. The fourth-order valence-electron chi connectivity index (χ4n) is 5.19. The Morgan fingerprint density at radius 3 is 2.08 bits per heavy atom. The molecule has 3 aromatic carbocycles. The Morgan fingerprint density at radius 1 is 0.769 bits per heavy atom. The van der Waals surface area contributed by atoms with Gasteiger partial charge >= 0.3 is 0 Å². The third kappa shape index (κ3) is 5.16. The van der Waals surface area contributed by atoms with Gasteiger partial charge in [-0.25, -0.2) is 9.67 Å². The van der Waals surface area contributed by atoms with Crippen molar-refractivity contribution in [2.45, 2.75) is 66.2 Å². The highest BCUT2D eigenvalue weighted by Crippen LogP contribution is 2.40. The number of phenolic OH excluding ortho intramolecular Hbond substituents is 1. The van der Waals surface area contributed by atoms with Crippen LogP contribution in [0.1, 0.15) is 81.8 Å². The van der Waals surface area contributed by atoms with Crippen molar-refractivity contribution < 1.29 is 5.11 Å². The summed E-state index contributed by atoms with van der Waals surface area (Å²) in [6.45, 7) is 16.3. The van der Waals surface area contributed by atoms with E-state index in [0.29, 0.717) is 29.3 Å². The van der Waals surface area contributed by atoms with Gasteiger partial charge in [-0.15, -0.1) is 5.10 Å². The number of rotatable bonds is 7. The fraction of sp³-hybridized carbons (Fsp3) is 0.333. The van der Waals surface area contributed by atoms with Crippen LogP contribution in [-0.2, 0) is 0 Å². The van der Waals surface area contributed by atoms with Crippen molar-refractivity contribution in [2.75, 3.05) is 16.5 Å². The van der Waals surface area contributed by atoms with E-state index in [1.807, 2.05) is 31.2 Å². The molecule has 6 heteroatoms. The summed E-state index contributed by atoms with van der Waals surface area (Å²) in [7, 11) is 0. The largest absolute Gasteiger partial charge is 0.506 e. The predicted molar refractivity (Wildman–Crippen MR) is 161 cm³/mol. The zero-order chi connectivity index (χ0) is 27.8. The first-order chi connectivity index (χ1) is 18.6. The van der Waals surface area contributed by atoms with E-state index in [-0.39, 0.29) is 5.75 Å². The maximum atomic E-state index is 10.3. The maximum absolute atomic E-state index is 10.3. The minimum atomic E-state index is 0.177. The van der Waals surface area contributed by atoms with Gasteiger partial charge in [0.1, 0.15) is 17.3 Å². The molecule has 0 aliphatic carbocycles. The molecule has 5 rings (SSSR count). The van der Waals surface area contributed by atoms with Crippen LogP contribution < -0.4 is 9.80 Å². The molecule has 6 nitrogen and oxygen atoms in total. The van der Waals surface area contributed by atoms with Crippen molar-refractivity contribution in [1.29, 1.82) is 0 Å². The Bertz CT molecular complexity index is 1490. The number of anilines is 2. The van der Waals surface area contributed by atoms with Gasteiger partial charge in [0.25, 0.3) is 0 Å². The van der Waals surface area contributed by atoms with Crippen LogP contribution in [0, 0.1) is 6.92 Å². The number of hydrogen-bond donors (Lipinski definition) is 1. The number of hydrogen-bond acceptors (Lipinski definition) is 5. The molecule has 39 heavy (non-hydrogen) atoms. The van der Waals surface area contributed by atoms with Gasteiger partial charge in [-0.05, 0) is 65.6 Å². The molecule has 0 unspecified atom stereocenters. The third-order valence-corrected chi connectivity index (χ3v) is 7.44. The smallest absolute Gasteiger partial charge is 0.181 e. The summed E-state index contributed by atoms with van der Waals surface area (Å²) in [5.74, 6) is 2.87. The van der Waals surface area contributed by atoms with Crippen LogP contribution in [-0.4, -0.2) is 26.5 Å². The summed E-state index contributed by atoms with van der Waals surface area (Å²) in [6.07, 6.45) is 4.35. The van der Waals surface area contributed by atoms with Crippen molar-refractivity contribution in [3.05, 3.63) is 95.6 Å². The van der Waals surface area contributed by atoms with Crippen LogP contribution in [0.15, 0.2) is 73.1 Å². The summed E-state index contributed by atoms with van der Waals surface area (Å²) < 4.78 is 1.69. The molecule has 202 valence electrons. The lowest BCUT2D eigenvalue weighted by molar-refractivity contribution is 0.470. The van der Waals surface area contributed by atoms with E-state index in [1.54, 1.807) is 16.8 Å². The molecule has 2 heterocycles. The van der Waals surface area contributed by atoms with Gasteiger partial charge in [-0.1, -0.05) is 77.9 Å². The van der Waals surface area contributed by atoms with Crippen LogP contribution in [0.4, 0.5) is 11.4 Å². The number of aryl methyl sites for hydroxylation is 1. The molecular weight excluding hydrogens is 482 g/mol. The van der Waals surface area contributed by atoms with E-state index in [1.165, 1.54) is 22.4 Å². The van der Waals surface area contributed by atoms with Gasteiger partial charge in [0.05, 0.1) is 6.67 Å². The van der Waals surface area contributed by atoms with Crippen LogP contribution in [0.2, 0.25) is 0 Å². The lowest BCUT2D eigenvalue weighted by Crippen LogP contribution is -2.26. The van der Waals surface area contributed by atoms with Gasteiger partial charge < -0.3 is 14.9 Å². The van der Waals surface area contributed by atoms with E-state index < -0.39 is 0 Å². The molecule has 1 aliphatic rings. The summed E-state index contributed by atoms with van der Waals surface area (Å²) in [4.78, 5) is 9.36. The summed E-state index contributed by atoms with van der Waals surface area (Å²) in [5.41, 5.74) is 8.18. The van der Waals surface area contributed by atoms with E-state index >= 15 is 0 Å². The standard InChI is InChI=1S/C33H39N5O/c1-21(2)26-18-28(22(3)4)32(29(19-26)23(5)6)37-16-15-36(20-37)27-12-10-11-25(17-27)33-34-24(7)38(35-33)30-13-8-9-14-31(30)39/h8-19,21-23,39H,20H2,1-7H3. The molecule has 0 saturated carbocycles. The second-order valence-electron chi connectivity index (χ2n) is 11.3. The average molecular weight is 522 g/mol. The highest BCUT2D eigenvalue weighted by molar-refractivity contribution is 5.70. The van der Waals surface area contributed by atoms with Gasteiger partial charge in [0, 0.05) is 29.3 Å². The van der Waals surface area contributed by atoms with Crippen LogP contribution in [0.3, 0.4) is 0 Å². The number of para-hydroxylation sites is 2. The Morgan fingerprint density at radius 2 is 1.44 bits per heavy atom. The Balaban J connectivity index is 1.45. The number of aromatic hydroxyl groups is 1. The van der Waals surface area contributed by atoms with E-state index in [2.05, 4.69) is 88.0 Å². The predicted octanol–water partition coefficient (Wildman–Crippen LogP) is 8.07. The molecular formula is C33H39N5O. The molecule has 1 aliphatic heterocycles. The quantitative estimate of drug-likeness (QED) is 0.266.